The molecule has 0 unspecified atom stereocenters. The van der Waals surface area contributed by atoms with Crippen molar-refractivity contribution in [2.45, 2.75) is 19.9 Å². The lowest BCUT2D eigenvalue weighted by molar-refractivity contribution is 0.0601. The first-order valence-corrected chi connectivity index (χ1v) is 5.87. The molecule has 94 valence electrons. The molecule has 2 aromatic rings. The number of fused-ring (bicyclic) bond motifs is 1. The molecule has 0 amide bonds. The summed E-state index contributed by atoms with van der Waals surface area (Å²) in [6.07, 6.45) is 3.62. The van der Waals surface area contributed by atoms with Gasteiger partial charge in [-0.2, -0.15) is 0 Å². The van der Waals surface area contributed by atoms with Crippen LogP contribution in [0, 0.1) is 0 Å². The van der Waals surface area contributed by atoms with Crippen molar-refractivity contribution < 1.29 is 14.3 Å². The zero-order valence-electron chi connectivity index (χ0n) is 10.5. The van der Waals surface area contributed by atoms with Crippen LogP contribution in [-0.4, -0.2) is 23.9 Å². The summed E-state index contributed by atoms with van der Waals surface area (Å²) in [5, 5.41) is 0.793. The van der Waals surface area contributed by atoms with Gasteiger partial charge in [-0.3, -0.25) is 4.79 Å². The highest BCUT2D eigenvalue weighted by molar-refractivity contribution is 6.01. The van der Waals surface area contributed by atoms with Gasteiger partial charge in [0.1, 0.15) is 0 Å². The Balaban J connectivity index is 2.61. The number of ether oxygens (including phenoxy) is 1. The summed E-state index contributed by atoms with van der Waals surface area (Å²) in [7, 11) is 1.34. The first-order valence-electron chi connectivity index (χ1n) is 5.87. The molecule has 1 aromatic carbocycles. The Morgan fingerprint density at radius 3 is 2.83 bits per heavy atom. The van der Waals surface area contributed by atoms with Crippen LogP contribution < -0.4 is 0 Å². The molecule has 0 aliphatic carbocycles. The van der Waals surface area contributed by atoms with E-state index in [1.54, 1.807) is 12.1 Å². The standard InChI is InChI=1S/C14H15NO3/c1-3-6-15-8-11(9-16)12-7-10(14(17)18-2)4-5-13(12)15/h4-5,7-9H,3,6H2,1-2H3. The van der Waals surface area contributed by atoms with Gasteiger partial charge < -0.3 is 9.30 Å². The number of methoxy groups -OCH3 is 1. The number of carbonyl (C=O) groups is 2. The minimum Gasteiger partial charge on any atom is -0.465 e. The first kappa shape index (κ1) is 12.4. The number of aromatic nitrogens is 1. The summed E-state index contributed by atoms with van der Waals surface area (Å²) in [5.41, 5.74) is 2.03. The van der Waals surface area contributed by atoms with Crippen molar-refractivity contribution in [3.8, 4) is 0 Å². The van der Waals surface area contributed by atoms with Gasteiger partial charge in [-0.25, -0.2) is 4.79 Å². The van der Waals surface area contributed by atoms with Crippen LogP contribution in [0.15, 0.2) is 24.4 Å². The van der Waals surface area contributed by atoms with E-state index in [1.165, 1.54) is 7.11 Å². The molecule has 0 atom stereocenters. The van der Waals surface area contributed by atoms with Gasteiger partial charge in [-0.1, -0.05) is 6.92 Å². The smallest absolute Gasteiger partial charge is 0.337 e. The SMILES string of the molecule is CCCn1cc(C=O)c2cc(C(=O)OC)ccc21. The van der Waals surface area contributed by atoms with Crippen LogP contribution in [-0.2, 0) is 11.3 Å². The number of esters is 1. The van der Waals surface area contributed by atoms with Gasteiger partial charge in [-0.05, 0) is 24.6 Å². The number of benzene rings is 1. The molecule has 4 nitrogen and oxygen atoms in total. The molecule has 0 bridgehead atoms. The molecular weight excluding hydrogens is 230 g/mol. The molecule has 0 spiro atoms. The molecule has 0 N–H and O–H groups in total. The van der Waals surface area contributed by atoms with Crippen molar-refractivity contribution in [2.24, 2.45) is 0 Å². The van der Waals surface area contributed by atoms with Gasteiger partial charge in [0.15, 0.2) is 6.29 Å². The zero-order valence-corrected chi connectivity index (χ0v) is 10.5. The second-order valence-electron chi connectivity index (χ2n) is 4.12. The quantitative estimate of drug-likeness (QED) is 0.614. The number of hydrogen-bond acceptors (Lipinski definition) is 3. The number of carbonyl (C=O) groups excluding carboxylic acids is 2. The first-order chi connectivity index (χ1) is 8.71. The summed E-state index contributed by atoms with van der Waals surface area (Å²) in [4.78, 5) is 22.5. The highest BCUT2D eigenvalue weighted by Crippen LogP contribution is 2.22. The average molecular weight is 245 g/mol. The van der Waals surface area contributed by atoms with E-state index >= 15 is 0 Å². The van der Waals surface area contributed by atoms with E-state index in [0.29, 0.717) is 11.1 Å². The molecule has 4 heteroatoms. The highest BCUT2D eigenvalue weighted by Gasteiger charge is 2.11. The fraction of sp³-hybridized carbons (Fsp3) is 0.286. The van der Waals surface area contributed by atoms with Crippen molar-refractivity contribution >= 4 is 23.2 Å². The lowest BCUT2D eigenvalue weighted by Crippen LogP contribution is -2.01. The Kier molecular flexibility index (Phi) is 3.46. The third kappa shape index (κ3) is 2.01. The Morgan fingerprint density at radius 1 is 1.44 bits per heavy atom. The maximum absolute atomic E-state index is 11.5. The largest absolute Gasteiger partial charge is 0.465 e. The molecule has 0 saturated carbocycles. The normalized spacial score (nSPS) is 10.6. The lowest BCUT2D eigenvalue weighted by atomic mass is 10.1. The van der Waals surface area contributed by atoms with Crippen molar-refractivity contribution in [1.29, 1.82) is 0 Å². The second kappa shape index (κ2) is 5.04. The number of aryl methyl sites for hydroxylation is 1. The van der Waals surface area contributed by atoms with Gasteiger partial charge in [0.25, 0.3) is 0 Å². The van der Waals surface area contributed by atoms with Crippen LogP contribution in [0.5, 0.6) is 0 Å². The summed E-state index contributed by atoms with van der Waals surface area (Å²) in [6, 6.07) is 5.27. The van der Waals surface area contributed by atoms with Crippen LogP contribution in [0.25, 0.3) is 10.9 Å². The molecule has 0 radical (unpaired) electrons. The van der Waals surface area contributed by atoms with Gasteiger partial charge >= 0.3 is 5.97 Å². The number of hydrogen-bond donors (Lipinski definition) is 0. The lowest BCUT2D eigenvalue weighted by Gasteiger charge is -2.03. The molecule has 0 saturated heterocycles. The van der Waals surface area contributed by atoms with Crippen molar-refractivity contribution in [3.05, 3.63) is 35.5 Å². The van der Waals surface area contributed by atoms with Crippen molar-refractivity contribution in [3.63, 3.8) is 0 Å². The Hall–Kier alpha value is -2.10. The van der Waals surface area contributed by atoms with E-state index in [2.05, 4.69) is 11.7 Å². The van der Waals surface area contributed by atoms with Gasteiger partial charge in [0, 0.05) is 29.2 Å². The number of nitrogens with zero attached hydrogens (tertiary/aromatic N) is 1. The topological polar surface area (TPSA) is 48.3 Å². The maximum atomic E-state index is 11.5. The molecule has 0 aliphatic rings. The minimum absolute atomic E-state index is 0.392. The van der Waals surface area contributed by atoms with Gasteiger partial charge in [-0.15, -0.1) is 0 Å². The molecule has 1 heterocycles. The molecule has 0 aliphatic heterocycles. The van der Waals surface area contributed by atoms with Crippen LogP contribution in [0.3, 0.4) is 0 Å². The minimum atomic E-state index is -0.392. The fourth-order valence-electron chi connectivity index (χ4n) is 2.09. The predicted molar refractivity (Wildman–Crippen MR) is 69.0 cm³/mol. The monoisotopic (exact) mass is 245 g/mol. The highest BCUT2D eigenvalue weighted by atomic mass is 16.5. The summed E-state index contributed by atoms with van der Waals surface area (Å²) < 4.78 is 6.71. The van der Waals surface area contributed by atoms with E-state index < -0.39 is 5.97 Å². The number of aldehydes is 1. The van der Waals surface area contributed by atoms with Gasteiger partial charge in [0.2, 0.25) is 0 Å². The van der Waals surface area contributed by atoms with E-state index in [1.807, 2.05) is 16.8 Å². The zero-order chi connectivity index (χ0) is 13.1. The van der Waals surface area contributed by atoms with Gasteiger partial charge in [0.05, 0.1) is 12.7 Å². The van der Waals surface area contributed by atoms with Crippen LogP contribution in [0.2, 0.25) is 0 Å². The number of rotatable bonds is 4. The van der Waals surface area contributed by atoms with Crippen LogP contribution in [0.4, 0.5) is 0 Å². The van der Waals surface area contributed by atoms with E-state index in [4.69, 9.17) is 0 Å². The molecule has 18 heavy (non-hydrogen) atoms. The Labute approximate surface area is 105 Å². The maximum Gasteiger partial charge on any atom is 0.337 e. The predicted octanol–water partition coefficient (Wildman–Crippen LogP) is 2.65. The fourth-order valence-corrected chi connectivity index (χ4v) is 2.09. The van der Waals surface area contributed by atoms with E-state index in [9.17, 15) is 9.59 Å². The molecule has 2 rings (SSSR count). The third-order valence-corrected chi connectivity index (χ3v) is 2.92. The van der Waals surface area contributed by atoms with Crippen molar-refractivity contribution in [1.82, 2.24) is 4.57 Å². The molecular formula is C14H15NO3. The van der Waals surface area contributed by atoms with Crippen molar-refractivity contribution in [2.75, 3.05) is 7.11 Å². The Morgan fingerprint density at radius 2 is 2.22 bits per heavy atom. The van der Waals surface area contributed by atoms with Crippen LogP contribution >= 0.6 is 0 Å². The summed E-state index contributed by atoms with van der Waals surface area (Å²) in [6.45, 7) is 2.93. The summed E-state index contributed by atoms with van der Waals surface area (Å²) >= 11 is 0. The van der Waals surface area contributed by atoms with Crippen LogP contribution in [0.1, 0.15) is 34.1 Å². The second-order valence-corrected chi connectivity index (χ2v) is 4.12. The summed E-state index contributed by atoms with van der Waals surface area (Å²) in [5.74, 6) is -0.392. The third-order valence-electron chi connectivity index (χ3n) is 2.92. The van der Waals surface area contributed by atoms with E-state index in [0.717, 1.165) is 30.2 Å². The average Bonchev–Trinajstić information content (AvgIpc) is 2.76. The van der Waals surface area contributed by atoms with E-state index in [-0.39, 0.29) is 0 Å². The molecule has 1 aromatic heterocycles. The molecule has 0 fully saturated rings. The Bertz CT molecular complexity index is 598.